The van der Waals surface area contributed by atoms with Crippen LogP contribution in [0.25, 0.3) is 10.9 Å². The van der Waals surface area contributed by atoms with E-state index in [-0.39, 0.29) is 16.9 Å². The van der Waals surface area contributed by atoms with E-state index in [1.165, 1.54) is 4.57 Å². The molecule has 16 heavy (non-hydrogen) atoms. The van der Waals surface area contributed by atoms with E-state index in [4.69, 9.17) is 11.6 Å². The first-order chi connectivity index (χ1) is 7.50. The summed E-state index contributed by atoms with van der Waals surface area (Å²) in [7, 11) is 0. The van der Waals surface area contributed by atoms with Gasteiger partial charge in [-0.3, -0.25) is 9.36 Å². The summed E-state index contributed by atoms with van der Waals surface area (Å²) in [6, 6.07) is 5.37. The van der Waals surface area contributed by atoms with Gasteiger partial charge in [0.2, 0.25) is 5.28 Å². The lowest BCUT2D eigenvalue weighted by atomic mass is 10.2. The second kappa shape index (κ2) is 4.18. The fourth-order valence-corrected chi connectivity index (χ4v) is 2.32. The summed E-state index contributed by atoms with van der Waals surface area (Å²) in [5.41, 5.74) is 0.515. The van der Waals surface area contributed by atoms with E-state index in [1.54, 1.807) is 12.1 Å². The van der Waals surface area contributed by atoms with Gasteiger partial charge in [-0.2, -0.15) is 0 Å². The molecule has 0 radical (unpaired) electrons. The average Bonchev–Trinajstić information content (AvgIpc) is 2.19. The highest BCUT2D eigenvalue weighted by atomic mass is 79.9. The van der Waals surface area contributed by atoms with Crippen molar-refractivity contribution >= 4 is 38.4 Å². The minimum atomic E-state index is -0.105. The van der Waals surface area contributed by atoms with E-state index < -0.39 is 0 Å². The molecule has 0 spiro atoms. The minimum Gasteiger partial charge on any atom is -0.280 e. The van der Waals surface area contributed by atoms with E-state index in [9.17, 15) is 4.79 Å². The summed E-state index contributed by atoms with van der Waals surface area (Å²) in [4.78, 5) is 16.4. The Hall–Kier alpha value is -0.870. The molecule has 0 aliphatic rings. The molecule has 0 saturated carbocycles. The average molecular weight is 302 g/mol. The molecule has 1 heterocycles. The van der Waals surface area contributed by atoms with E-state index in [1.807, 2.05) is 19.9 Å². The van der Waals surface area contributed by atoms with Crippen LogP contribution in [0.3, 0.4) is 0 Å². The first-order valence-corrected chi connectivity index (χ1v) is 6.05. The van der Waals surface area contributed by atoms with Crippen LogP contribution in [0, 0.1) is 0 Å². The van der Waals surface area contributed by atoms with E-state index in [0.29, 0.717) is 10.9 Å². The summed E-state index contributed by atoms with van der Waals surface area (Å²) in [6.07, 6.45) is 0. The van der Waals surface area contributed by atoms with Crippen molar-refractivity contribution in [1.82, 2.24) is 9.55 Å². The molecular formula is C11H10BrClN2O. The molecule has 0 amide bonds. The van der Waals surface area contributed by atoms with Gasteiger partial charge in [0.05, 0.1) is 10.9 Å². The molecule has 5 heteroatoms. The van der Waals surface area contributed by atoms with Crippen molar-refractivity contribution in [3.8, 4) is 0 Å². The summed E-state index contributed by atoms with van der Waals surface area (Å²) < 4.78 is 2.34. The molecule has 2 rings (SSSR count). The van der Waals surface area contributed by atoms with E-state index in [0.717, 1.165) is 4.47 Å². The normalized spacial score (nSPS) is 11.3. The molecule has 0 aliphatic heterocycles. The maximum Gasteiger partial charge on any atom is 0.262 e. The Labute approximate surface area is 106 Å². The highest BCUT2D eigenvalue weighted by Crippen LogP contribution is 2.19. The van der Waals surface area contributed by atoms with Crippen molar-refractivity contribution in [2.75, 3.05) is 0 Å². The lowest BCUT2D eigenvalue weighted by Gasteiger charge is -2.12. The highest BCUT2D eigenvalue weighted by molar-refractivity contribution is 9.10. The van der Waals surface area contributed by atoms with Crippen LogP contribution in [0.5, 0.6) is 0 Å². The third-order valence-corrected chi connectivity index (χ3v) is 3.10. The lowest BCUT2D eigenvalue weighted by Crippen LogP contribution is -2.23. The smallest absolute Gasteiger partial charge is 0.262 e. The van der Waals surface area contributed by atoms with Crippen LogP contribution in [0.1, 0.15) is 19.9 Å². The van der Waals surface area contributed by atoms with Gasteiger partial charge in [-0.1, -0.05) is 15.9 Å². The van der Waals surface area contributed by atoms with Gasteiger partial charge >= 0.3 is 0 Å². The van der Waals surface area contributed by atoms with Crippen LogP contribution in [0.15, 0.2) is 27.5 Å². The largest absolute Gasteiger partial charge is 0.280 e. The summed E-state index contributed by atoms with van der Waals surface area (Å²) in [5, 5.41) is 0.808. The van der Waals surface area contributed by atoms with Crippen molar-refractivity contribution in [3.05, 3.63) is 38.3 Å². The van der Waals surface area contributed by atoms with Crippen LogP contribution in [0.4, 0.5) is 0 Å². The van der Waals surface area contributed by atoms with Crippen LogP contribution in [0.2, 0.25) is 5.28 Å². The van der Waals surface area contributed by atoms with E-state index >= 15 is 0 Å². The standard InChI is InChI=1S/C11H10BrClN2O/c1-6(2)15-10(16)8-5-7(12)3-4-9(8)14-11(15)13/h3-6H,1-2H3. The number of fused-ring (bicyclic) bond motifs is 1. The van der Waals surface area contributed by atoms with Gasteiger partial charge in [0.1, 0.15) is 0 Å². The Balaban J connectivity index is 2.91. The highest BCUT2D eigenvalue weighted by Gasteiger charge is 2.11. The molecule has 0 saturated heterocycles. The number of benzene rings is 1. The number of rotatable bonds is 1. The molecule has 0 unspecified atom stereocenters. The summed E-state index contributed by atoms with van der Waals surface area (Å²) >= 11 is 9.32. The molecule has 1 aromatic carbocycles. The number of hydrogen-bond donors (Lipinski definition) is 0. The molecule has 3 nitrogen and oxygen atoms in total. The van der Waals surface area contributed by atoms with Crippen molar-refractivity contribution < 1.29 is 0 Å². The third kappa shape index (κ3) is 1.87. The lowest BCUT2D eigenvalue weighted by molar-refractivity contribution is 0.574. The Morgan fingerprint density at radius 1 is 1.44 bits per heavy atom. The van der Waals surface area contributed by atoms with E-state index in [2.05, 4.69) is 20.9 Å². The summed E-state index contributed by atoms with van der Waals surface area (Å²) in [5.74, 6) is 0. The van der Waals surface area contributed by atoms with Gasteiger partial charge < -0.3 is 0 Å². The molecule has 0 bridgehead atoms. The molecule has 0 aliphatic carbocycles. The first kappa shape index (κ1) is 11.6. The predicted molar refractivity (Wildman–Crippen MR) is 69.1 cm³/mol. The zero-order valence-corrected chi connectivity index (χ0v) is 11.2. The topological polar surface area (TPSA) is 34.9 Å². The Morgan fingerprint density at radius 3 is 2.75 bits per heavy atom. The van der Waals surface area contributed by atoms with Crippen molar-refractivity contribution in [2.45, 2.75) is 19.9 Å². The van der Waals surface area contributed by atoms with Crippen molar-refractivity contribution in [3.63, 3.8) is 0 Å². The first-order valence-electron chi connectivity index (χ1n) is 4.88. The molecule has 0 N–H and O–H groups in total. The fourth-order valence-electron chi connectivity index (χ4n) is 1.59. The van der Waals surface area contributed by atoms with Crippen LogP contribution in [-0.4, -0.2) is 9.55 Å². The third-order valence-electron chi connectivity index (χ3n) is 2.34. The maximum absolute atomic E-state index is 12.2. The second-order valence-corrected chi connectivity index (χ2v) is 5.06. The monoisotopic (exact) mass is 300 g/mol. The summed E-state index contributed by atoms with van der Waals surface area (Å²) in [6.45, 7) is 3.80. The minimum absolute atomic E-state index is 0.00381. The molecule has 84 valence electrons. The van der Waals surface area contributed by atoms with Gasteiger partial charge in [0, 0.05) is 10.5 Å². The second-order valence-electron chi connectivity index (χ2n) is 3.81. The number of aromatic nitrogens is 2. The fraction of sp³-hybridized carbons (Fsp3) is 0.273. The molecule has 0 fully saturated rings. The van der Waals surface area contributed by atoms with Gasteiger partial charge in [0.25, 0.3) is 5.56 Å². The van der Waals surface area contributed by atoms with Gasteiger partial charge in [-0.05, 0) is 43.6 Å². The molecular weight excluding hydrogens is 291 g/mol. The molecule has 1 aromatic heterocycles. The Morgan fingerprint density at radius 2 is 2.12 bits per heavy atom. The van der Waals surface area contributed by atoms with Crippen LogP contribution < -0.4 is 5.56 Å². The number of hydrogen-bond acceptors (Lipinski definition) is 2. The molecule has 2 aromatic rings. The zero-order valence-electron chi connectivity index (χ0n) is 8.87. The molecule has 0 atom stereocenters. The van der Waals surface area contributed by atoms with Gasteiger partial charge in [-0.25, -0.2) is 4.98 Å². The number of halogens is 2. The van der Waals surface area contributed by atoms with Crippen LogP contribution >= 0.6 is 27.5 Å². The quantitative estimate of drug-likeness (QED) is 0.757. The van der Waals surface area contributed by atoms with Gasteiger partial charge in [0.15, 0.2) is 0 Å². The Kier molecular flexibility index (Phi) is 3.04. The van der Waals surface area contributed by atoms with Crippen molar-refractivity contribution in [2.24, 2.45) is 0 Å². The maximum atomic E-state index is 12.2. The Bertz CT molecular complexity index is 607. The number of nitrogens with zero attached hydrogens (tertiary/aromatic N) is 2. The van der Waals surface area contributed by atoms with Gasteiger partial charge in [-0.15, -0.1) is 0 Å². The van der Waals surface area contributed by atoms with Crippen molar-refractivity contribution in [1.29, 1.82) is 0 Å². The van der Waals surface area contributed by atoms with Crippen LogP contribution in [-0.2, 0) is 0 Å². The predicted octanol–water partition coefficient (Wildman–Crippen LogP) is 3.39. The zero-order chi connectivity index (χ0) is 11.9. The SMILES string of the molecule is CC(C)n1c(Cl)nc2ccc(Br)cc2c1=O.